The van der Waals surface area contributed by atoms with Gasteiger partial charge in [-0.25, -0.2) is 4.79 Å². The zero-order valence-corrected chi connectivity index (χ0v) is 17.2. The van der Waals surface area contributed by atoms with Gasteiger partial charge in [0.15, 0.2) is 0 Å². The number of carboxylic acids is 1. The average Bonchev–Trinajstić information content (AvgIpc) is 2.95. The van der Waals surface area contributed by atoms with E-state index >= 15 is 0 Å². The smallest absolute Gasteiger partial charge is 0.334 e. The molecule has 3 aliphatic rings. The van der Waals surface area contributed by atoms with Crippen molar-refractivity contribution in [2.75, 3.05) is 0 Å². The molecule has 1 aromatic rings. The molecule has 1 atom stereocenters. The Morgan fingerprint density at radius 1 is 1.28 bits per heavy atom. The summed E-state index contributed by atoms with van der Waals surface area (Å²) in [5, 5.41) is 10.7. The first-order valence-electron chi connectivity index (χ1n) is 10.1. The Morgan fingerprint density at radius 2 is 2.10 bits per heavy atom. The first kappa shape index (κ1) is 19.7. The monoisotopic (exact) mass is 405 g/mol. The third-order valence-corrected chi connectivity index (χ3v) is 6.00. The Kier molecular flexibility index (Phi) is 5.68. The number of rotatable bonds is 5. The molecule has 1 aliphatic heterocycles. The quantitative estimate of drug-likeness (QED) is 0.630. The number of allylic oxidation sites excluding steroid dienone is 9. The summed E-state index contributed by atoms with van der Waals surface area (Å²) < 4.78 is 0. The van der Waals surface area contributed by atoms with Gasteiger partial charge >= 0.3 is 5.97 Å². The number of benzene rings is 1. The van der Waals surface area contributed by atoms with E-state index in [9.17, 15) is 9.90 Å². The number of hydrogen-bond donors (Lipinski definition) is 1. The SMILES string of the molecule is CCC1=C(C(=O)O)C(CC2=CCCc3ccccc32)C(C2=CC(Cl)=CCC=C2)=N1. The van der Waals surface area contributed by atoms with Crippen LogP contribution in [-0.4, -0.2) is 16.8 Å². The minimum absolute atomic E-state index is 0.279. The Balaban J connectivity index is 1.76. The summed E-state index contributed by atoms with van der Waals surface area (Å²) >= 11 is 6.32. The standard InChI is InChI=1S/C25H24ClNO2/c1-2-22-23(25(28)29)21(24(27-22)18-9-3-5-12-19(26)14-18)15-17-11-7-10-16-8-4-6-13-20(16)17/h3-4,6,8-9,11-14,21H,2,5,7,10,15H2,1H3,(H,28,29). The van der Waals surface area contributed by atoms with E-state index in [0.29, 0.717) is 29.1 Å². The van der Waals surface area contributed by atoms with Crippen LogP contribution in [-0.2, 0) is 11.2 Å². The second-order valence-electron chi connectivity index (χ2n) is 7.52. The Bertz CT molecular complexity index is 1040. The summed E-state index contributed by atoms with van der Waals surface area (Å²) in [6.45, 7) is 1.96. The van der Waals surface area contributed by atoms with Crippen molar-refractivity contribution in [3.05, 3.63) is 87.6 Å². The number of nitrogens with zero attached hydrogens (tertiary/aromatic N) is 1. The van der Waals surface area contributed by atoms with Crippen molar-refractivity contribution in [2.45, 2.75) is 39.0 Å². The molecule has 1 unspecified atom stereocenters. The first-order valence-corrected chi connectivity index (χ1v) is 10.5. The first-order chi connectivity index (χ1) is 14.1. The minimum Gasteiger partial charge on any atom is -0.478 e. The average molecular weight is 406 g/mol. The molecule has 1 aromatic carbocycles. The van der Waals surface area contributed by atoms with Gasteiger partial charge in [0, 0.05) is 11.0 Å². The molecule has 29 heavy (non-hydrogen) atoms. The molecule has 0 spiro atoms. The fraction of sp³-hybridized carbons (Fsp3) is 0.280. The van der Waals surface area contributed by atoms with E-state index in [1.165, 1.54) is 16.7 Å². The van der Waals surface area contributed by atoms with E-state index in [2.05, 4.69) is 24.3 Å². The molecule has 4 heteroatoms. The number of fused-ring (bicyclic) bond motifs is 1. The summed E-state index contributed by atoms with van der Waals surface area (Å²) in [6, 6.07) is 8.42. The number of aliphatic imine (C=N–C) groups is 1. The van der Waals surface area contributed by atoms with Crippen LogP contribution in [0.1, 0.15) is 43.7 Å². The second-order valence-corrected chi connectivity index (χ2v) is 7.96. The van der Waals surface area contributed by atoms with Crippen molar-refractivity contribution in [3.63, 3.8) is 0 Å². The zero-order valence-electron chi connectivity index (χ0n) is 16.5. The normalized spacial score (nSPS) is 21.1. The molecule has 0 saturated heterocycles. The molecule has 4 rings (SSSR count). The molecule has 0 radical (unpaired) electrons. The Morgan fingerprint density at radius 3 is 2.90 bits per heavy atom. The molecular weight excluding hydrogens is 382 g/mol. The summed E-state index contributed by atoms with van der Waals surface area (Å²) in [7, 11) is 0. The Labute approximate surface area is 176 Å². The maximum absolute atomic E-state index is 12.2. The highest BCUT2D eigenvalue weighted by Crippen LogP contribution is 2.40. The van der Waals surface area contributed by atoms with E-state index < -0.39 is 5.97 Å². The van der Waals surface area contributed by atoms with Gasteiger partial charge in [-0.3, -0.25) is 4.99 Å². The van der Waals surface area contributed by atoms with Crippen LogP contribution in [0.4, 0.5) is 0 Å². The molecule has 0 fully saturated rings. The van der Waals surface area contributed by atoms with Crippen LogP contribution in [0.5, 0.6) is 0 Å². The van der Waals surface area contributed by atoms with E-state index in [4.69, 9.17) is 16.6 Å². The van der Waals surface area contributed by atoms with Crippen molar-refractivity contribution in [1.82, 2.24) is 0 Å². The maximum Gasteiger partial charge on any atom is 0.334 e. The van der Waals surface area contributed by atoms with Crippen LogP contribution in [0.15, 0.2) is 81.5 Å². The lowest BCUT2D eigenvalue weighted by molar-refractivity contribution is -0.133. The number of halogens is 1. The van der Waals surface area contributed by atoms with Gasteiger partial charge in [-0.15, -0.1) is 0 Å². The second kappa shape index (κ2) is 8.38. The summed E-state index contributed by atoms with van der Waals surface area (Å²) in [5.41, 5.74) is 6.58. The number of carbonyl (C=O) groups is 1. The summed E-state index contributed by atoms with van der Waals surface area (Å²) in [6.07, 6.45) is 14.2. The molecule has 2 aliphatic carbocycles. The van der Waals surface area contributed by atoms with Crippen molar-refractivity contribution in [2.24, 2.45) is 10.9 Å². The van der Waals surface area contributed by atoms with E-state index in [-0.39, 0.29) is 5.92 Å². The predicted octanol–water partition coefficient (Wildman–Crippen LogP) is 6.23. The van der Waals surface area contributed by atoms with Gasteiger partial charge in [0.1, 0.15) is 0 Å². The molecule has 148 valence electrons. The number of hydrogen-bond acceptors (Lipinski definition) is 2. The van der Waals surface area contributed by atoms with Crippen LogP contribution in [0.2, 0.25) is 0 Å². The fourth-order valence-electron chi connectivity index (χ4n) is 4.40. The van der Waals surface area contributed by atoms with Crippen LogP contribution in [0.25, 0.3) is 5.57 Å². The van der Waals surface area contributed by atoms with Crippen molar-refractivity contribution < 1.29 is 9.90 Å². The van der Waals surface area contributed by atoms with Gasteiger partial charge in [0.05, 0.1) is 17.0 Å². The van der Waals surface area contributed by atoms with Gasteiger partial charge in [-0.2, -0.15) is 0 Å². The van der Waals surface area contributed by atoms with Crippen LogP contribution < -0.4 is 0 Å². The highest BCUT2D eigenvalue weighted by atomic mass is 35.5. The lowest BCUT2D eigenvalue weighted by Crippen LogP contribution is -2.21. The highest BCUT2D eigenvalue weighted by Gasteiger charge is 2.36. The van der Waals surface area contributed by atoms with E-state index in [1.54, 1.807) is 0 Å². The molecular formula is C25H24ClNO2. The fourth-order valence-corrected chi connectivity index (χ4v) is 4.60. The minimum atomic E-state index is -0.880. The van der Waals surface area contributed by atoms with Gasteiger partial charge in [-0.05, 0) is 60.5 Å². The number of aryl methyl sites for hydroxylation is 1. The number of aliphatic carboxylic acids is 1. The zero-order chi connectivity index (χ0) is 20.4. The van der Waals surface area contributed by atoms with Crippen molar-refractivity contribution in [3.8, 4) is 0 Å². The predicted molar refractivity (Wildman–Crippen MR) is 119 cm³/mol. The molecule has 3 nitrogen and oxygen atoms in total. The highest BCUT2D eigenvalue weighted by molar-refractivity contribution is 6.32. The van der Waals surface area contributed by atoms with Gasteiger partial charge in [0.2, 0.25) is 0 Å². The third kappa shape index (κ3) is 3.92. The Hall–Kier alpha value is -2.65. The van der Waals surface area contributed by atoms with E-state index in [1.807, 2.05) is 37.3 Å². The third-order valence-electron chi connectivity index (χ3n) is 5.74. The summed E-state index contributed by atoms with van der Waals surface area (Å²) in [5.74, 6) is -1.16. The van der Waals surface area contributed by atoms with E-state index in [0.717, 1.165) is 30.5 Å². The molecule has 1 heterocycles. The molecule has 0 bridgehead atoms. The van der Waals surface area contributed by atoms with Crippen molar-refractivity contribution in [1.29, 1.82) is 0 Å². The van der Waals surface area contributed by atoms with Gasteiger partial charge in [0.25, 0.3) is 0 Å². The molecule has 0 amide bonds. The molecule has 0 aromatic heterocycles. The van der Waals surface area contributed by atoms with Gasteiger partial charge < -0.3 is 5.11 Å². The lowest BCUT2D eigenvalue weighted by atomic mass is 9.80. The van der Waals surface area contributed by atoms with Crippen LogP contribution >= 0.6 is 11.6 Å². The largest absolute Gasteiger partial charge is 0.478 e. The van der Waals surface area contributed by atoms with Crippen molar-refractivity contribution >= 4 is 28.9 Å². The van der Waals surface area contributed by atoms with Crippen LogP contribution in [0.3, 0.4) is 0 Å². The summed E-state index contributed by atoms with van der Waals surface area (Å²) in [4.78, 5) is 17.0. The topological polar surface area (TPSA) is 49.7 Å². The molecule has 1 N–H and O–H groups in total. The lowest BCUT2D eigenvalue weighted by Gasteiger charge is -2.23. The number of carboxylic acid groups (broad SMARTS) is 1. The molecule has 0 saturated carbocycles. The maximum atomic E-state index is 12.2. The van der Waals surface area contributed by atoms with Crippen LogP contribution in [0, 0.1) is 5.92 Å². The van der Waals surface area contributed by atoms with Gasteiger partial charge in [-0.1, -0.05) is 67.1 Å².